The summed E-state index contributed by atoms with van der Waals surface area (Å²) in [6.07, 6.45) is 3.75. The minimum Gasteiger partial charge on any atom is -0.481 e. The molecule has 1 unspecified atom stereocenters. The van der Waals surface area contributed by atoms with Gasteiger partial charge in [-0.2, -0.15) is 0 Å². The average molecular weight is 498 g/mol. The van der Waals surface area contributed by atoms with Crippen LogP contribution >= 0.6 is 22.9 Å². The summed E-state index contributed by atoms with van der Waals surface area (Å²) in [5.41, 5.74) is 6.54. The number of esters is 1. The van der Waals surface area contributed by atoms with Gasteiger partial charge in [0, 0.05) is 16.0 Å². The van der Waals surface area contributed by atoms with Gasteiger partial charge in [-0.1, -0.05) is 29.8 Å². The molecule has 0 bridgehead atoms. The second-order valence-corrected chi connectivity index (χ2v) is 9.91. The number of benzene rings is 2. The first kappa shape index (κ1) is 24.3. The first-order valence-electron chi connectivity index (χ1n) is 11.3. The minimum absolute atomic E-state index is 0.353. The molecule has 1 aromatic heterocycles. The molecule has 1 amide bonds. The fourth-order valence-corrected chi connectivity index (χ4v) is 5.38. The molecule has 0 aliphatic heterocycles. The number of carbonyl (C=O) groups excluding carboxylic acids is 2. The van der Waals surface area contributed by atoms with Crippen LogP contribution in [0.5, 0.6) is 5.75 Å². The number of amides is 1. The second kappa shape index (κ2) is 10.2. The van der Waals surface area contributed by atoms with Crippen LogP contribution in [0.1, 0.15) is 52.4 Å². The molecule has 5 nitrogen and oxygen atoms in total. The number of aryl methyl sites for hydroxylation is 4. The third-order valence-corrected chi connectivity index (χ3v) is 7.66. The van der Waals surface area contributed by atoms with Gasteiger partial charge in [-0.3, -0.25) is 4.79 Å². The Morgan fingerprint density at radius 3 is 2.41 bits per heavy atom. The van der Waals surface area contributed by atoms with Crippen molar-refractivity contribution < 1.29 is 19.1 Å². The number of hydrogen-bond donors (Lipinski definition) is 1. The van der Waals surface area contributed by atoms with Gasteiger partial charge in [-0.25, -0.2) is 4.79 Å². The number of hydrogen-bond acceptors (Lipinski definition) is 5. The number of halogens is 1. The summed E-state index contributed by atoms with van der Waals surface area (Å²) in [5, 5.41) is 5.89. The summed E-state index contributed by atoms with van der Waals surface area (Å²) in [6, 6.07) is 9.95. The van der Waals surface area contributed by atoms with Gasteiger partial charge in [0.25, 0.3) is 5.91 Å². The van der Waals surface area contributed by atoms with Gasteiger partial charge >= 0.3 is 5.97 Å². The van der Waals surface area contributed by atoms with E-state index in [2.05, 4.69) is 17.4 Å². The van der Waals surface area contributed by atoms with Crippen molar-refractivity contribution >= 4 is 39.8 Å². The fraction of sp³-hybridized carbons (Fsp3) is 0.333. The largest absolute Gasteiger partial charge is 0.481 e. The Balaban J connectivity index is 1.58. The molecule has 0 saturated heterocycles. The van der Waals surface area contributed by atoms with Crippen molar-refractivity contribution in [3.8, 4) is 16.9 Å². The van der Waals surface area contributed by atoms with Crippen molar-refractivity contribution in [2.45, 2.75) is 52.6 Å². The second-order valence-electron chi connectivity index (χ2n) is 8.66. The van der Waals surface area contributed by atoms with E-state index in [4.69, 9.17) is 21.1 Å². The van der Waals surface area contributed by atoms with Crippen LogP contribution in [0.3, 0.4) is 0 Å². The summed E-state index contributed by atoms with van der Waals surface area (Å²) in [6.45, 7) is 5.46. The Morgan fingerprint density at radius 2 is 1.74 bits per heavy atom. The number of ether oxygens (including phenoxy) is 2. The van der Waals surface area contributed by atoms with Gasteiger partial charge in [0.05, 0.1) is 7.11 Å². The number of methoxy groups -OCH3 is 1. The highest BCUT2D eigenvalue weighted by Crippen LogP contribution is 2.38. The van der Waals surface area contributed by atoms with Gasteiger partial charge in [-0.15, -0.1) is 11.3 Å². The number of nitrogens with one attached hydrogen (secondary N) is 1. The normalized spacial score (nSPS) is 13.7. The lowest BCUT2D eigenvalue weighted by Gasteiger charge is -2.17. The molecule has 1 atom stereocenters. The van der Waals surface area contributed by atoms with Crippen LogP contribution in [0.4, 0.5) is 5.00 Å². The van der Waals surface area contributed by atoms with E-state index >= 15 is 0 Å². The molecule has 1 aliphatic carbocycles. The first-order chi connectivity index (χ1) is 16.3. The van der Waals surface area contributed by atoms with Crippen molar-refractivity contribution in [2.24, 2.45) is 0 Å². The molecule has 0 fully saturated rings. The highest BCUT2D eigenvalue weighted by Gasteiger charge is 2.25. The summed E-state index contributed by atoms with van der Waals surface area (Å²) in [5.74, 6) is -0.271. The maximum Gasteiger partial charge on any atom is 0.341 e. The van der Waals surface area contributed by atoms with Crippen LogP contribution < -0.4 is 10.1 Å². The molecule has 1 heterocycles. The SMILES string of the molecule is COC(=O)c1c(-c2ccc3c(c2)CCCC3)csc1NC(=O)C(C)Oc1cc(C)c(Cl)c(C)c1. The summed E-state index contributed by atoms with van der Waals surface area (Å²) < 4.78 is 10.9. The van der Waals surface area contributed by atoms with Crippen LogP contribution in [0.25, 0.3) is 11.1 Å². The van der Waals surface area contributed by atoms with E-state index < -0.39 is 12.1 Å². The lowest BCUT2D eigenvalue weighted by atomic mass is 9.89. The van der Waals surface area contributed by atoms with Crippen molar-refractivity contribution in [2.75, 3.05) is 12.4 Å². The molecule has 0 spiro atoms. The topological polar surface area (TPSA) is 64.6 Å². The molecular formula is C27H28ClNO4S. The molecule has 1 N–H and O–H groups in total. The van der Waals surface area contributed by atoms with Crippen LogP contribution in [0.15, 0.2) is 35.7 Å². The third-order valence-electron chi connectivity index (χ3n) is 6.17. The number of rotatable bonds is 6. The molecule has 3 aromatic rings. The Morgan fingerprint density at radius 1 is 1.06 bits per heavy atom. The Bertz CT molecular complexity index is 1230. The van der Waals surface area contributed by atoms with Crippen LogP contribution in [-0.2, 0) is 22.4 Å². The van der Waals surface area contributed by atoms with Crippen molar-refractivity contribution in [3.05, 3.63) is 68.6 Å². The number of carbonyl (C=O) groups is 2. The van der Waals surface area contributed by atoms with Gasteiger partial charge < -0.3 is 14.8 Å². The number of thiophene rings is 1. The fourth-order valence-electron chi connectivity index (χ4n) is 4.31. The Kier molecular flexibility index (Phi) is 7.29. The van der Waals surface area contributed by atoms with E-state index in [0.29, 0.717) is 21.3 Å². The molecule has 7 heteroatoms. The lowest BCUT2D eigenvalue weighted by Crippen LogP contribution is -2.30. The zero-order valence-corrected chi connectivity index (χ0v) is 21.4. The van der Waals surface area contributed by atoms with Gasteiger partial charge in [0.15, 0.2) is 6.10 Å². The Labute approximate surface area is 209 Å². The molecule has 178 valence electrons. The highest BCUT2D eigenvalue weighted by atomic mass is 35.5. The maximum atomic E-state index is 12.9. The Hall–Kier alpha value is -2.83. The molecule has 34 heavy (non-hydrogen) atoms. The van der Waals surface area contributed by atoms with E-state index in [1.54, 1.807) is 19.1 Å². The minimum atomic E-state index is -0.778. The van der Waals surface area contributed by atoms with Gasteiger partial charge in [0.1, 0.15) is 16.3 Å². The van der Waals surface area contributed by atoms with E-state index in [1.165, 1.54) is 42.4 Å². The molecule has 4 rings (SSSR count). The number of anilines is 1. The predicted molar refractivity (Wildman–Crippen MR) is 137 cm³/mol. The van der Waals surface area contributed by atoms with Gasteiger partial charge in [0.2, 0.25) is 0 Å². The van der Waals surface area contributed by atoms with Crippen molar-refractivity contribution in [1.29, 1.82) is 0 Å². The molecule has 0 radical (unpaired) electrons. The summed E-state index contributed by atoms with van der Waals surface area (Å²) in [4.78, 5) is 25.7. The molecular weight excluding hydrogens is 470 g/mol. The smallest absolute Gasteiger partial charge is 0.341 e. The van der Waals surface area contributed by atoms with Crippen molar-refractivity contribution in [3.63, 3.8) is 0 Å². The highest BCUT2D eigenvalue weighted by molar-refractivity contribution is 7.15. The van der Waals surface area contributed by atoms with Crippen LogP contribution in [-0.4, -0.2) is 25.1 Å². The van der Waals surface area contributed by atoms with E-state index in [0.717, 1.165) is 35.1 Å². The quantitative estimate of drug-likeness (QED) is 0.382. The number of fused-ring (bicyclic) bond motifs is 1. The monoisotopic (exact) mass is 497 g/mol. The summed E-state index contributed by atoms with van der Waals surface area (Å²) in [7, 11) is 1.35. The van der Waals surface area contributed by atoms with Crippen molar-refractivity contribution in [1.82, 2.24) is 0 Å². The standard InChI is InChI=1S/C27H28ClNO4S/c1-15-11-21(12-16(2)24(15)28)33-17(3)25(30)29-26-23(27(31)32-4)22(14-34-26)20-10-9-18-7-5-6-8-19(18)13-20/h9-14,17H,5-8H2,1-4H3,(H,29,30). The average Bonchev–Trinajstić information content (AvgIpc) is 3.25. The van der Waals surface area contributed by atoms with Crippen LogP contribution in [0.2, 0.25) is 5.02 Å². The van der Waals surface area contributed by atoms with E-state index in [9.17, 15) is 9.59 Å². The van der Waals surface area contributed by atoms with E-state index in [-0.39, 0.29) is 5.91 Å². The van der Waals surface area contributed by atoms with E-state index in [1.807, 2.05) is 25.3 Å². The zero-order chi connectivity index (χ0) is 24.4. The zero-order valence-electron chi connectivity index (χ0n) is 19.8. The predicted octanol–water partition coefficient (Wildman–Crippen LogP) is 6.76. The van der Waals surface area contributed by atoms with Gasteiger partial charge in [-0.05, 0) is 86.4 Å². The molecule has 1 aliphatic rings. The van der Waals surface area contributed by atoms with Crippen LogP contribution in [0, 0.1) is 13.8 Å². The molecule has 2 aromatic carbocycles. The first-order valence-corrected chi connectivity index (χ1v) is 12.6. The molecule has 0 saturated carbocycles. The third kappa shape index (κ3) is 4.98. The lowest BCUT2D eigenvalue weighted by molar-refractivity contribution is -0.122. The summed E-state index contributed by atoms with van der Waals surface area (Å²) >= 11 is 7.54. The maximum absolute atomic E-state index is 12.9.